The molecule has 1 aliphatic heterocycles. The zero-order valence-electron chi connectivity index (χ0n) is 17.4. The molecule has 31 heavy (non-hydrogen) atoms. The van der Waals surface area contributed by atoms with Crippen LogP contribution in [0, 0.1) is 0 Å². The summed E-state index contributed by atoms with van der Waals surface area (Å²) in [7, 11) is 5.05. The lowest BCUT2D eigenvalue weighted by Gasteiger charge is -2.25. The van der Waals surface area contributed by atoms with Gasteiger partial charge in [-0.05, 0) is 38.2 Å². The maximum Gasteiger partial charge on any atom is 0.197 e. The van der Waals surface area contributed by atoms with Crippen molar-refractivity contribution in [2.45, 2.75) is 18.4 Å². The molecule has 1 fully saturated rings. The third-order valence-corrected chi connectivity index (χ3v) is 6.79. The van der Waals surface area contributed by atoms with Crippen molar-refractivity contribution in [1.29, 1.82) is 0 Å². The first kappa shape index (κ1) is 22.1. The number of nitrogens with zero attached hydrogens (tertiary/aromatic N) is 1. The highest BCUT2D eigenvalue weighted by Gasteiger charge is 2.37. The highest BCUT2D eigenvalue weighted by Crippen LogP contribution is 2.45. The average molecular weight is 509 g/mol. The maximum atomic E-state index is 13.2. The summed E-state index contributed by atoms with van der Waals surface area (Å²) in [5.74, 6) is 1.23. The highest BCUT2D eigenvalue weighted by atomic mass is 79.9. The van der Waals surface area contributed by atoms with E-state index in [2.05, 4.69) is 20.8 Å². The number of hydrogen-bond acceptors (Lipinski definition) is 6. The summed E-state index contributed by atoms with van der Waals surface area (Å²) < 4.78 is 18.4. The van der Waals surface area contributed by atoms with Gasteiger partial charge in [-0.2, -0.15) is 0 Å². The van der Waals surface area contributed by atoms with Crippen molar-refractivity contribution in [1.82, 2.24) is 4.90 Å². The van der Waals surface area contributed by atoms with E-state index in [0.717, 1.165) is 23.0 Å². The van der Waals surface area contributed by atoms with E-state index in [0.29, 0.717) is 38.8 Å². The van der Waals surface area contributed by atoms with Crippen molar-refractivity contribution < 1.29 is 19.0 Å². The Kier molecular flexibility index (Phi) is 6.30. The minimum absolute atomic E-state index is 0.0136. The van der Waals surface area contributed by atoms with Gasteiger partial charge >= 0.3 is 0 Å². The monoisotopic (exact) mass is 507 g/mol. The molecule has 1 N–H and O–H groups in total. The van der Waals surface area contributed by atoms with Crippen LogP contribution in [0.1, 0.15) is 17.9 Å². The Morgan fingerprint density at radius 3 is 2.61 bits per heavy atom. The molecule has 1 aliphatic rings. The Morgan fingerprint density at radius 1 is 1.23 bits per heavy atom. The standard InChI is InChI=1S/C23H23BrClNO5/c1-26-7-6-14(16(26)11-27)21-19(29-2)10-20(30-3)22-17(28)9-18(31-23(21)22)13-5-4-12(24)8-15(13)25/h4-5,8-10,14,16,27H,6-7,11H2,1-3H3/t14?,16-/m1/s1. The van der Waals surface area contributed by atoms with Crippen LogP contribution in [0.15, 0.2) is 44.0 Å². The summed E-state index contributed by atoms with van der Waals surface area (Å²) in [5.41, 5.74) is 1.53. The molecule has 0 aliphatic carbocycles. The molecule has 1 saturated heterocycles. The van der Waals surface area contributed by atoms with Gasteiger partial charge in [-0.25, -0.2) is 0 Å². The molecule has 0 amide bonds. The number of benzene rings is 2. The van der Waals surface area contributed by atoms with Crippen LogP contribution in [-0.4, -0.2) is 50.5 Å². The fourth-order valence-corrected chi connectivity index (χ4v) is 5.18. The molecule has 0 saturated carbocycles. The molecule has 2 heterocycles. The van der Waals surface area contributed by atoms with Crippen molar-refractivity contribution in [3.8, 4) is 22.8 Å². The Labute approximate surface area is 193 Å². The predicted molar refractivity (Wildman–Crippen MR) is 125 cm³/mol. The molecule has 1 aromatic heterocycles. The van der Waals surface area contributed by atoms with Crippen LogP contribution in [0.25, 0.3) is 22.3 Å². The van der Waals surface area contributed by atoms with Crippen molar-refractivity contribution in [3.63, 3.8) is 0 Å². The van der Waals surface area contributed by atoms with E-state index >= 15 is 0 Å². The van der Waals surface area contributed by atoms with Crippen molar-refractivity contribution in [3.05, 3.63) is 55.6 Å². The zero-order chi connectivity index (χ0) is 22.3. The van der Waals surface area contributed by atoms with Crippen LogP contribution in [0.2, 0.25) is 5.02 Å². The van der Waals surface area contributed by atoms with Gasteiger partial charge in [-0.15, -0.1) is 0 Å². The number of hydrogen-bond donors (Lipinski definition) is 1. The summed E-state index contributed by atoms with van der Waals surface area (Å²) >= 11 is 9.83. The first-order chi connectivity index (χ1) is 14.9. The average Bonchev–Trinajstić information content (AvgIpc) is 3.12. The van der Waals surface area contributed by atoms with Crippen molar-refractivity contribution in [2.24, 2.45) is 0 Å². The summed E-state index contributed by atoms with van der Waals surface area (Å²) in [5, 5.41) is 10.8. The summed E-state index contributed by atoms with van der Waals surface area (Å²) in [6, 6.07) is 8.42. The highest BCUT2D eigenvalue weighted by molar-refractivity contribution is 9.10. The van der Waals surface area contributed by atoms with Gasteiger partial charge in [0.25, 0.3) is 0 Å². The maximum absolute atomic E-state index is 13.2. The lowest BCUT2D eigenvalue weighted by Crippen LogP contribution is -2.32. The second-order valence-electron chi connectivity index (χ2n) is 7.62. The Bertz CT molecular complexity index is 1190. The van der Waals surface area contributed by atoms with Crippen molar-refractivity contribution in [2.75, 3.05) is 34.4 Å². The molecule has 0 spiro atoms. The molecular weight excluding hydrogens is 486 g/mol. The van der Waals surface area contributed by atoms with Gasteiger partial charge in [0.15, 0.2) is 5.43 Å². The molecule has 2 atom stereocenters. The van der Waals surface area contributed by atoms with E-state index in [1.54, 1.807) is 25.3 Å². The fraction of sp³-hybridized carbons (Fsp3) is 0.348. The van der Waals surface area contributed by atoms with E-state index in [9.17, 15) is 9.90 Å². The van der Waals surface area contributed by atoms with Gasteiger partial charge < -0.3 is 23.9 Å². The molecule has 8 heteroatoms. The van der Waals surface area contributed by atoms with Crippen LogP contribution in [0.5, 0.6) is 11.5 Å². The summed E-state index contributed by atoms with van der Waals surface area (Å²) in [6.45, 7) is 0.801. The van der Waals surface area contributed by atoms with Crippen LogP contribution in [0.3, 0.4) is 0 Å². The molecule has 6 nitrogen and oxygen atoms in total. The number of ether oxygens (including phenoxy) is 2. The number of halogens is 2. The molecule has 4 rings (SSSR count). The fourth-order valence-electron chi connectivity index (χ4n) is 4.41. The van der Waals surface area contributed by atoms with Crippen LogP contribution < -0.4 is 14.9 Å². The molecule has 3 aromatic rings. The minimum atomic E-state index is -0.233. The predicted octanol–water partition coefficient (Wildman–Crippen LogP) is 4.67. The van der Waals surface area contributed by atoms with Gasteiger partial charge in [-0.3, -0.25) is 4.79 Å². The Hall–Kier alpha value is -2.06. The third-order valence-electron chi connectivity index (χ3n) is 5.98. The minimum Gasteiger partial charge on any atom is -0.496 e. The van der Waals surface area contributed by atoms with Crippen LogP contribution in [0.4, 0.5) is 0 Å². The number of likely N-dealkylation sites (tertiary alicyclic amines) is 1. The number of fused-ring (bicyclic) bond motifs is 1. The lowest BCUT2D eigenvalue weighted by atomic mass is 9.89. The van der Waals surface area contributed by atoms with Gasteiger partial charge in [-0.1, -0.05) is 27.5 Å². The Balaban J connectivity index is 2.06. The molecule has 1 unspecified atom stereocenters. The third kappa shape index (κ3) is 3.84. The number of likely N-dealkylation sites (N-methyl/N-ethyl adjacent to an activating group) is 1. The lowest BCUT2D eigenvalue weighted by molar-refractivity contribution is 0.171. The van der Waals surface area contributed by atoms with Crippen molar-refractivity contribution >= 4 is 38.5 Å². The molecule has 0 bridgehead atoms. The quantitative estimate of drug-likeness (QED) is 0.540. The number of rotatable bonds is 5. The largest absolute Gasteiger partial charge is 0.496 e. The second-order valence-corrected chi connectivity index (χ2v) is 8.95. The first-order valence-electron chi connectivity index (χ1n) is 9.88. The number of aliphatic hydroxyl groups is 1. The van der Waals surface area contributed by atoms with Gasteiger partial charge in [0.1, 0.15) is 28.2 Å². The van der Waals surface area contributed by atoms with E-state index in [4.69, 9.17) is 25.5 Å². The van der Waals surface area contributed by atoms with Gasteiger partial charge in [0.2, 0.25) is 0 Å². The topological polar surface area (TPSA) is 72.1 Å². The SMILES string of the molecule is COc1cc(OC)c2c(=O)cc(-c3ccc(Br)cc3Cl)oc2c1C1CCN(C)[C@@H]1CO. The molecule has 0 radical (unpaired) electrons. The summed E-state index contributed by atoms with van der Waals surface area (Å²) in [4.78, 5) is 15.3. The van der Waals surface area contributed by atoms with Crippen LogP contribution in [-0.2, 0) is 0 Å². The smallest absolute Gasteiger partial charge is 0.197 e. The summed E-state index contributed by atoms with van der Waals surface area (Å²) in [6.07, 6.45) is 0.798. The molecule has 2 aromatic carbocycles. The van der Waals surface area contributed by atoms with Crippen LogP contribution >= 0.6 is 27.5 Å². The van der Waals surface area contributed by atoms with Gasteiger partial charge in [0, 0.05) is 39.7 Å². The van der Waals surface area contributed by atoms with Gasteiger partial charge in [0.05, 0.1) is 25.8 Å². The number of aliphatic hydroxyl groups excluding tert-OH is 1. The normalized spacial score (nSPS) is 19.2. The van der Waals surface area contributed by atoms with E-state index in [-0.39, 0.29) is 24.0 Å². The molecular formula is C23H23BrClNO5. The van der Waals surface area contributed by atoms with E-state index < -0.39 is 0 Å². The molecule has 164 valence electrons. The Morgan fingerprint density at radius 2 is 1.97 bits per heavy atom. The number of methoxy groups -OCH3 is 2. The van der Waals surface area contributed by atoms with E-state index in [1.807, 2.05) is 13.1 Å². The zero-order valence-corrected chi connectivity index (χ0v) is 19.8. The first-order valence-corrected chi connectivity index (χ1v) is 11.1. The van der Waals surface area contributed by atoms with E-state index in [1.165, 1.54) is 13.2 Å². The second kappa shape index (κ2) is 8.82.